The van der Waals surface area contributed by atoms with Gasteiger partial charge in [-0.25, -0.2) is 4.79 Å². The van der Waals surface area contributed by atoms with E-state index < -0.39 is 33.5 Å². The van der Waals surface area contributed by atoms with Crippen molar-refractivity contribution >= 4 is 28.1 Å². The molecule has 11 heteroatoms. The maximum absolute atomic E-state index is 11.9. The molecule has 0 rings (SSSR count). The predicted molar refractivity (Wildman–Crippen MR) is 111 cm³/mol. The van der Waals surface area contributed by atoms with Crippen molar-refractivity contribution in [3.05, 3.63) is 0 Å². The molecule has 0 aliphatic rings. The Labute approximate surface area is 179 Å². The van der Waals surface area contributed by atoms with Crippen molar-refractivity contribution in [2.75, 3.05) is 38.7 Å². The molecule has 0 aromatic rings. The molecule has 0 radical (unpaired) electrons. The topological polar surface area (TPSA) is 137 Å². The van der Waals surface area contributed by atoms with Crippen LogP contribution >= 0.6 is 0 Å². The van der Waals surface area contributed by atoms with E-state index >= 15 is 0 Å². The summed E-state index contributed by atoms with van der Waals surface area (Å²) in [6.45, 7) is 9.29. The van der Waals surface area contributed by atoms with Crippen LogP contribution in [0.2, 0.25) is 0 Å². The van der Waals surface area contributed by atoms with E-state index in [1.54, 1.807) is 13.8 Å². The third kappa shape index (κ3) is 15.0. The van der Waals surface area contributed by atoms with Crippen molar-refractivity contribution in [2.24, 2.45) is 11.3 Å². The molecule has 2 N–H and O–H groups in total. The average Bonchev–Trinajstić information content (AvgIpc) is 2.65. The molecule has 0 saturated carbocycles. The van der Waals surface area contributed by atoms with Crippen LogP contribution in [0, 0.1) is 11.3 Å². The standard InChI is InChI=1S/C19H36N2O8S/c1-6-27-17(23)15(2)13-28-18(24)21-10-7-9-19(4,5)14-29-30(25,26)12-8-11-20-16(3)22/h15H,6-14H2,1-5H3,(H,20,22)(H,21,24). The van der Waals surface area contributed by atoms with Gasteiger partial charge in [0.1, 0.15) is 6.61 Å². The maximum atomic E-state index is 11.9. The van der Waals surface area contributed by atoms with Crippen LogP contribution in [0.15, 0.2) is 0 Å². The smallest absolute Gasteiger partial charge is 0.407 e. The van der Waals surface area contributed by atoms with Crippen LogP contribution in [0.3, 0.4) is 0 Å². The third-order valence-electron chi connectivity index (χ3n) is 4.03. The van der Waals surface area contributed by atoms with Gasteiger partial charge in [0.05, 0.1) is 24.9 Å². The first-order chi connectivity index (χ1) is 13.9. The summed E-state index contributed by atoms with van der Waals surface area (Å²) >= 11 is 0. The van der Waals surface area contributed by atoms with Gasteiger partial charge >= 0.3 is 12.1 Å². The quantitative estimate of drug-likeness (QED) is 0.217. The van der Waals surface area contributed by atoms with Gasteiger partial charge in [0.15, 0.2) is 0 Å². The molecule has 0 aromatic heterocycles. The van der Waals surface area contributed by atoms with Crippen molar-refractivity contribution in [3.8, 4) is 0 Å². The molecule has 2 amide bonds. The summed E-state index contributed by atoms with van der Waals surface area (Å²) in [5.74, 6) is -1.33. The van der Waals surface area contributed by atoms with Gasteiger partial charge in [-0.15, -0.1) is 0 Å². The molecule has 0 bridgehead atoms. The molecule has 0 aliphatic heterocycles. The average molecular weight is 453 g/mol. The number of amides is 2. The Bertz CT molecular complexity index is 649. The summed E-state index contributed by atoms with van der Waals surface area (Å²) in [4.78, 5) is 33.9. The molecule has 0 spiro atoms. The molecule has 1 atom stereocenters. The number of hydrogen-bond acceptors (Lipinski definition) is 8. The molecule has 1 unspecified atom stereocenters. The fraction of sp³-hybridized carbons (Fsp3) is 0.842. The summed E-state index contributed by atoms with van der Waals surface area (Å²) in [6, 6.07) is 0. The molecule has 0 aliphatic carbocycles. The number of alkyl carbamates (subject to hydrolysis) is 1. The van der Waals surface area contributed by atoms with E-state index in [-0.39, 0.29) is 44.4 Å². The highest BCUT2D eigenvalue weighted by Gasteiger charge is 2.22. The number of carbonyl (C=O) groups is 3. The predicted octanol–water partition coefficient (Wildman–Crippen LogP) is 1.59. The lowest BCUT2D eigenvalue weighted by atomic mass is 9.89. The molecule has 176 valence electrons. The first kappa shape index (κ1) is 28.1. The van der Waals surface area contributed by atoms with Crippen LogP contribution in [0.5, 0.6) is 0 Å². The van der Waals surface area contributed by atoms with E-state index in [1.165, 1.54) is 6.92 Å². The second-order valence-corrected chi connectivity index (χ2v) is 9.57. The lowest BCUT2D eigenvalue weighted by molar-refractivity contribution is -0.148. The molecule has 0 aromatic carbocycles. The SMILES string of the molecule is CCOC(=O)C(C)COC(=O)NCCCC(C)(C)COS(=O)(=O)CCCNC(C)=O. The van der Waals surface area contributed by atoms with E-state index in [9.17, 15) is 22.8 Å². The van der Waals surface area contributed by atoms with Gasteiger partial charge in [-0.2, -0.15) is 8.42 Å². The maximum Gasteiger partial charge on any atom is 0.407 e. The minimum Gasteiger partial charge on any atom is -0.466 e. The second-order valence-electron chi connectivity index (χ2n) is 7.81. The number of esters is 1. The van der Waals surface area contributed by atoms with Crippen molar-refractivity contribution in [1.82, 2.24) is 10.6 Å². The molecular formula is C19H36N2O8S. The van der Waals surface area contributed by atoms with Crippen molar-refractivity contribution < 1.29 is 36.5 Å². The Morgan fingerprint density at radius 3 is 2.27 bits per heavy atom. The molecule has 10 nitrogen and oxygen atoms in total. The highest BCUT2D eigenvalue weighted by atomic mass is 32.2. The van der Waals surface area contributed by atoms with Gasteiger partial charge in [-0.05, 0) is 38.5 Å². The lowest BCUT2D eigenvalue weighted by Crippen LogP contribution is -2.30. The zero-order chi connectivity index (χ0) is 23.2. The van der Waals surface area contributed by atoms with Crippen LogP contribution in [0.25, 0.3) is 0 Å². The third-order valence-corrected chi connectivity index (χ3v) is 5.29. The highest BCUT2D eigenvalue weighted by molar-refractivity contribution is 7.86. The zero-order valence-corrected chi connectivity index (χ0v) is 19.4. The summed E-state index contributed by atoms with van der Waals surface area (Å²) in [6.07, 6.45) is 0.875. The van der Waals surface area contributed by atoms with Crippen LogP contribution in [-0.2, 0) is 33.4 Å². The Morgan fingerprint density at radius 1 is 1.03 bits per heavy atom. The first-order valence-electron chi connectivity index (χ1n) is 10.1. The van der Waals surface area contributed by atoms with Gasteiger partial charge in [0, 0.05) is 20.0 Å². The number of ether oxygens (including phenoxy) is 2. The van der Waals surface area contributed by atoms with Crippen molar-refractivity contribution in [2.45, 2.75) is 53.9 Å². The monoisotopic (exact) mass is 452 g/mol. The van der Waals surface area contributed by atoms with Crippen molar-refractivity contribution in [3.63, 3.8) is 0 Å². The van der Waals surface area contributed by atoms with Crippen LogP contribution in [-0.4, -0.2) is 65.1 Å². The van der Waals surface area contributed by atoms with Gasteiger partial charge in [-0.1, -0.05) is 13.8 Å². The van der Waals surface area contributed by atoms with E-state index in [2.05, 4.69) is 10.6 Å². The van der Waals surface area contributed by atoms with Gasteiger partial charge < -0.3 is 20.1 Å². The largest absolute Gasteiger partial charge is 0.466 e. The molecule has 0 saturated heterocycles. The van der Waals surface area contributed by atoms with E-state index in [4.69, 9.17) is 13.7 Å². The fourth-order valence-corrected chi connectivity index (χ4v) is 3.37. The first-order valence-corrected chi connectivity index (χ1v) is 11.6. The van der Waals surface area contributed by atoms with Gasteiger partial charge in [0.25, 0.3) is 10.1 Å². The normalized spacial score (nSPS) is 12.7. The molecule has 30 heavy (non-hydrogen) atoms. The van der Waals surface area contributed by atoms with Gasteiger partial charge in [-0.3, -0.25) is 13.8 Å². The molecule has 0 fully saturated rings. The van der Waals surface area contributed by atoms with Gasteiger partial charge in [0.2, 0.25) is 5.91 Å². The molecular weight excluding hydrogens is 416 g/mol. The fourth-order valence-electron chi connectivity index (χ4n) is 2.26. The Morgan fingerprint density at radius 2 is 1.67 bits per heavy atom. The van der Waals surface area contributed by atoms with Crippen molar-refractivity contribution in [1.29, 1.82) is 0 Å². The minimum atomic E-state index is -3.66. The van der Waals surface area contributed by atoms with Crippen LogP contribution in [0.4, 0.5) is 4.79 Å². The Kier molecular flexibility index (Phi) is 13.3. The number of nitrogens with one attached hydrogen (secondary N) is 2. The van der Waals surface area contributed by atoms with Crippen LogP contribution in [0.1, 0.15) is 53.9 Å². The van der Waals surface area contributed by atoms with Crippen LogP contribution < -0.4 is 10.6 Å². The summed E-state index contributed by atoms with van der Waals surface area (Å²) in [5.41, 5.74) is -0.408. The summed E-state index contributed by atoms with van der Waals surface area (Å²) in [5, 5.41) is 5.12. The second kappa shape index (κ2) is 14.2. The minimum absolute atomic E-state index is 0.0248. The highest BCUT2D eigenvalue weighted by Crippen LogP contribution is 2.23. The Balaban J connectivity index is 4.04. The number of rotatable bonds is 15. The summed E-state index contributed by atoms with van der Waals surface area (Å²) < 4.78 is 38.7. The molecule has 0 heterocycles. The van der Waals surface area contributed by atoms with E-state index in [0.717, 1.165) is 0 Å². The van der Waals surface area contributed by atoms with E-state index in [1.807, 2.05) is 13.8 Å². The Hall–Kier alpha value is -1.88. The number of carbonyl (C=O) groups excluding carboxylic acids is 3. The number of hydrogen-bond donors (Lipinski definition) is 2. The summed E-state index contributed by atoms with van der Waals surface area (Å²) in [7, 11) is -3.66. The lowest BCUT2D eigenvalue weighted by Gasteiger charge is -2.24. The zero-order valence-electron chi connectivity index (χ0n) is 18.6. The van der Waals surface area contributed by atoms with E-state index in [0.29, 0.717) is 19.4 Å².